The minimum atomic E-state index is -3.86. The molecule has 150 valence electrons. The van der Waals surface area contributed by atoms with Gasteiger partial charge in [0, 0.05) is 31.1 Å². The lowest BCUT2D eigenvalue weighted by atomic mass is 9.97. The van der Waals surface area contributed by atoms with Crippen LogP contribution in [-0.4, -0.2) is 36.6 Å². The predicted octanol–water partition coefficient (Wildman–Crippen LogP) is 2.21. The van der Waals surface area contributed by atoms with Gasteiger partial charge >= 0.3 is 0 Å². The van der Waals surface area contributed by atoms with Crippen LogP contribution in [0.25, 0.3) is 0 Å². The van der Waals surface area contributed by atoms with Gasteiger partial charge in [0.1, 0.15) is 5.76 Å². The van der Waals surface area contributed by atoms with Crippen molar-refractivity contribution in [2.75, 3.05) is 13.1 Å². The van der Waals surface area contributed by atoms with Gasteiger partial charge in [0.15, 0.2) is 0 Å². The fraction of sp³-hybridized carbons (Fsp3) is 0.389. The molecule has 1 amide bonds. The van der Waals surface area contributed by atoms with Crippen LogP contribution < -0.4 is 5.32 Å². The third kappa shape index (κ3) is 4.23. The highest BCUT2D eigenvalue weighted by atomic mass is 32.2. The molecule has 0 bridgehead atoms. The SMILES string of the molecule is Cc1ccc([N+](=O)[O-])cc1S(=O)(=O)N1CCC(C(=O)NCc2ccco2)CC1. The number of nitrogens with zero attached hydrogens (tertiary/aromatic N) is 2. The van der Waals surface area contributed by atoms with Gasteiger partial charge in [-0.3, -0.25) is 14.9 Å². The molecule has 1 N–H and O–H groups in total. The Morgan fingerprint density at radius 3 is 2.64 bits per heavy atom. The lowest BCUT2D eigenvalue weighted by Crippen LogP contribution is -2.43. The van der Waals surface area contributed by atoms with Crippen LogP contribution >= 0.6 is 0 Å². The Hall–Kier alpha value is -2.72. The first-order valence-corrected chi connectivity index (χ1v) is 10.3. The molecular formula is C18H21N3O6S. The van der Waals surface area contributed by atoms with Gasteiger partial charge in [-0.25, -0.2) is 8.42 Å². The van der Waals surface area contributed by atoms with Crippen molar-refractivity contribution in [2.45, 2.75) is 31.2 Å². The number of furan rings is 1. The van der Waals surface area contributed by atoms with Crippen molar-refractivity contribution in [1.29, 1.82) is 0 Å². The Balaban J connectivity index is 1.64. The number of nitro groups is 1. The van der Waals surface area contributed by atoms with Crippen LogP contribution in [0.4, 0.5) is 5.69 Å². The van der Waals surface area contributed by atoms with Crippen LogP contribution in [0.1, 0.15) is 24.2 Å². The first-order valence-electron chi connectivity index (χ1n) is 8.84. The largest absolute Gasteiger partial charge is 0.467 e. The average molecular weight is 407 g/mol. The van der Waals surface area contributed by atoms with E-state index in [0.29, 0.717) is 24.2 Å². The summed E-state index contributed by atoms with van der Waals surface area (Å²) < 4.78 is 32.3. The molecule has 0 spiro atoms. The van der Waals surface area contributed by atoms with Crippen LogP contribution in [0.5, 0.6) is 0 Å². The van der Waals surface area contributed by atoms with Crippen LogP contribution in [0.3, 0.4) is 0 Å². The number of nitro benzene ring substituents is 1. The molecule has 1 fully saturated rings. The lowest BCUT2D eigenvalue weighted by Gasteiger charge is -2.30. The monoisotopic (exact) mass is 407 g/mol. The molecule has 1 saturated heterocycles. The first-order chi connectivity index (χ1) is 13.3. The number of aryl methyl sites for hydroxylation is 1. The highest BCUT2D eigenvalue weighted by molar-refractivity contribution is 7.89. The molecule has 0 unspecified atom stereocenters. The quantitative estimate of drug-likeness (QED) is 0.578. The summed E-state index contributed by atoms with van der Waals surface area (Å²) in [5.41, 5.74) is 0.181. The molecule has 0 radical (unpaired) electrons. The van der Waals surface area contributed by atoms with Crippen LogP contribution in [0.15, 0.2) is 45.9 Å². The van der Waals surface area contributed by atoms with Crippen molar-refractivity contribution < 1.29 is 22.6 Å². The minimum absolute atomic E-state index is 0.0672. The number of rotatable bonds is 6. The predicted molar refractivity (Wildman–Crippen MR) is 99.9 cm³/mol. The second-order valence-electron chi connectivity index (χ2n) is 6.68. The molecule has 0 atom stereocenters. The van der Waals surface area contributed by atoms with Gasteiger partial charge in [0.2, 0.25) is 15.9 Å². The zero-order valence-corrected chi connectivity index (χ0v) is 16.1. The van der Waals surface area contributed by atoms with Crippen molar-refractivity contribution in [3.63, 3.8) is 0 Å². The molecule has 2 heterocycles. The summed E-state index contributed by atoms with van der Waals surface area (Å²) in [4.78, 5) is 22.6. The number of hydrogen-bond acceptors (Lipinski definition) is 6. The average Bonchev–Trinajstić information content (AvgIpc) is 3.20. The maximum absolute atomic E-state index is 12.9. The number of sulfonamides is 1. The van der Waals surface area contributed by atoms with Crippen molar-refractivity contribution in [3.8, 4) is 0 Å². The zero-order chi connectivity index (χ0) is 20.3. The number of non-ortho nitro benzene ring substituents is 1. The van der Waals surface area contributed by atoms with E-state index in [1.807, 2.05) is 0 Å². The zero-order valence-electron chi connectivity index (χ0n) is 15.3. The Labute approximate surface area is 162 Å². The van der Waals surface area contributed by atoms with Gasteiger partial charge in [-0.1, -0.05) is 6.07 Å². The van der Waals surface area contributed by atoms with E-state index < -0.39 is 14.9 Å². The molecule has 0 saturated carbocycles. The van der Waals surface area contributed by atoms with E-state index in [0.717, 1.165) is 6.07 Å². The van der Waals surface area contributed by atoms with Gasteiger partial charge in [0.05, 0.1) is 22.6 Å². The van der Waals surface area contributed by atoms with Gasteiger partial charge in [-0.15, -0.1) is 0 Å². The normalized spacial score (nSPS) is 16.0. The standard InChI is InChI=1S/C18H21N3O6S/c1-13-4-5-15(21(23)24)11-17(13)28(25,26)20-8-6-14(7-9-20)18(22)19-12-16-3-2-10-27-16/h2-5,10-11,14H,6-9,12H2,1H3,(H,19,22). The van der Waals surface area contributed by atoms with E-state index in [1.165, 1.54) is 22.7 Å². The number of piperidine rings is 1. The van der Waals surface area contributed by atoms with E-state index in [-0.39, 0.29) is 42.0 Å². The Bertz CT molecular complexity index is 963. The van der Waals surface area contributed by atoms with Crippen LogP contribution in [0.2, 0.25) is 0 Å². The van der Waals surface area contributed by atoms with Gasteiger partial charge in [0.25, 0.3) is 5.69 Å². The second-order valence-corrected chi connectivity index (χ2v) is 8.59. The number of carbonyl (C=O) groups is 1. The summed E-state index contributed by atoms with van der Waals surface area (Å²) in [6, 6.07) is 7.30. The molecule has 1 aliphatic heterocycles. The molecule has 1 aliphatic rings. The fourth-order valence-corrected chi connectivity index (χ4v) is 4.92. The smallest absolute Gasteiger partial charge is 0.270 e. The third-order valence-corrected chi connectivity index (χ3v) is 6.88. The molecule has 10 heteroatoms. The van der Waals surface area contributed by atoms with E-state index in [2.05, 4.69) is 5.32 Å². The molecule has 3 rings (SSSR count). The summed E-state index contributed by atoms with van der Waals surface area (Å²) in [5.74, 6) is 0.224. The Kier molecular flexibility index (Phi) is 5.80. The van der Waals surface area contributed by atoms with Crippen molar-refractivity contribution in [1.82, 2.24) is 9.62 Å². The Morgan fingerprint density at radius 1 is 1.32 bits per heavy atom. The molecule has 28 heavy (non-hydrogen) atoms. The molecule has 2 aromatic rings. The van der Waals surface area contributed by atoms with E-state index >= 15 is 0 Å². The number of carbonyl (C=O) groups excluding carboxylic acids is 1. The number of hydrogen-bond donors (Lipinski definition) is 1. The molecule has 9 nitrogen and oxygen atoms in total. The topological polar surface area (TPSA) is 123 Å². The fourth-order valence-electron chi connectivity index (χ4n) is 3.21. The van der Waals surface area contributed by atoms with E-state index in [9.17, 15) is 23.3 Å². The molecule has 1 aromatic carbocycles. The van der Waals surface area contributed by atoms with Gasteiger partial charge in [-0.2, -0.15) is 4.31 Å². The summed E-state index contributed by atoms with van der Waals surface area (Å²) in [6.07, 6.45) is 2.30. The third-order valence-electron chi connectivity index (χ3n) is 4.84. The highest BCUT2D eigenvalue weighted by Crippen LogP contribution is 2.28. The number of benzene rings is 1. The molecule has 1 aromatic heterocycles. The summed E-state index contributed by atoms with van der Waals surface area (Å²) >= 11 is 0. The maximum atomic E-state index is 12.9. The van der Waals surface area contributed by atoms with Gasteiger partial charge < -0.3 is 9.73 Å². The minimum Gasteiger partial charge on any atom is -0.467 e. The second kappa shape index (κ2) is 8.11. The summed E-state index contributed by atoms with van der Waals surface area (Å²) in [6.45, 7) is 2.26. The van der Waals surface area contributed by atoms with E-state index in [1.54, 1.807) is 19.1 Å². The van der Waals surface area contributed by atoms with Crippen LogP contribution in [0, 0.1) is 23.0 Å². The number of nitrogens with one attached hydrogen (secondary N) is 1. The summed E-state index contributed by atoms with van der Waals surface area (Å²) in [7, 11) is -3.86. The first kappa shape index (κ1) is 20.0. The Morgan fingerprint density at radius 2 is 2.04 bits per heavy atom. The van der Waals surface area contributed by atoms with Crippen molar-refractivity contribution >= 4 is 21.6 Å². The molecule has 0 aliphatic carbocycles. The van der Waals surface area contributed by atoms with E-state index in [4.69, 9.17) is 4.42 Å². The highest BCUT2D eigenvalue weighted by Gasteiger charge is 2.33. The molecular weight excluding hydrogens is 386 g/mol. The van der Waals surface area contributed by atoms with Crippen molar-refractivity contribution in [2.24, 2.45) is 5.92 Å². The van der Waals surface area contributed by atoms with Crippen molar-refractivity contribution in [3.05, 3.63) is 58.0 Å². The maximum Gasteiger partial charge on any atom is 0.270 e. The number of amides is 1. The summed E-state index contributed by atoms with van der Waals surface area (Å²) in [5, 5.41) is 13.8. The van der Waals surface area contributed by atoms with Crippen LogP contribution in [-0.2, 0) is 21.4 Å². The lowest BCUT2D eigenvalue weighted by molar-refractivity contribution is -0.385. The van der Waals surface area contributed by atoms with Gasteiger partial charge in [-0.05, 0) is 37.5 Å².